The number of benzene rings is 2. The minimum atomic E-state index is -0.125. The van der Waals surface area contributed by atoms with E-state index in [1.165, 1.54) is 7.11 Å². The van der Waals surface area contributed by atoms with Crippen LogP contribution in [-0.4, -0.2) is 18.9 Å². The van der Waals surface area contributed by atoms with Gasteiger partial charge in [-0.05, 0) is 17.7 Å². The van der Waals surface area contributed by atoms with E-state index < -0.39 is 0 Å². The van der Waals surface area contributed by atoms with Crippen molar-refractivity contribution in [1.29, 1.82) is 0 Å². The molecule has 0 unspecified atom stereocenters. The summed E-state index contributed by atoms with van der Waals surface area (Å²) in [5.41, 5.74) is 2.15. The van der Waals surface area contributed by atoms with Gasteiger partial charge in [0.1, 0.15) is 5.75 Å². The number of methoxy groups -OCH3 is 1. The number of carbonyl (C=O) groups excluding carboxylic acids is 2. The second-order valence-corrected chi connectivity index (χ2v) is 5.77. The molecular weight excluding hydrogens is 304 g/mol. The van der Waals surface area contributed by atoms with Crippen LogP contribution in [-0.2, 0) is 16.0 Å². The summed E-state index contributed by atoms with van der Waals surface area (Å²) >= 11 is 0. The van der Waals surface area contributed by atoms with E-state index in [-0.39, 0.29) is 17.7 Å². The van der Waals surface area contributed by atoms with Crippen LogP contribution in [0.5, 0.6) is 5.75 Å². The lowest BCUT2D eigenvalue weighted by Crippen LogP contribution is -2.18. The number of ether oxygens (including phenoxy) is 1. The number of amides is 2. The van der Waals surface area contributed by atoms with Crippen LogP contribution in [0.25, 0.3) is 0 Å². The minimum absolute atomic E-state index is 0.0887. The predicted molar refractivity (Wildman–Crippen MR) is 95.2 cm³/mol. The van der Waals surface area contributed by atoms with Gasteiger partial charge in [-0.25, -0.2) is 0 Å². The maximum Gasteiger partial charge on any atom is 0.228 e. The molecule has 2 N–H and O–H groups in total. The van der Waals surface area contributed by atoms with Crippen molar-refractivity contribution in [3.8, 4) is 5.75 Å². The van der Waals surface area contributed by atoms with Gasteiger partial charge < -0.3 is 15.4 Å². The molecule has 0 aliphatic rings. The van der Waals surface area contributed by atoms with Crippen molar-refractivity contribution in [3.63, 3.8) is 0 Å². The van der Waals surface area contributed by atoms with Gasteiger partial charge in [-0.3, -0.25) is 9.59 Å². The summed E-state index contributed by atoms with van der Waals surface area (Å²) in [6, 6.07) is 14.7. The largest absolute Gasteiger partial charge is 0.494 e. The van der Waals surface area contributed by atoms with Gasteiger partial charge in [-0.15, -0.1) is 0 Å². The van der Waals surface area contributed by atoms with Crippen molar-refractivity contribution < 1.29 is 14.3 Å². The van der Waals surface area contributed by atoms with E-state index in [9.17, 15) is 9.59 Å². The maximum atomic E-state index is 12.1. The van der Waals surface area contributed by atoms with Crippen molar-refractivity contribution in [1.82, 2.24) is 0 Å². The summed E-state index contributed by atoms with van der Waals surface area (Å²) in [7, 11) is 1.52. The summed E-state index contributed by atoms with van der Waals surface area (Å²) in [5, 5.41) is 5.64. The Hall–Kier alpha value is -2.82. The lowest BCUT2D eigenvalue weighted by Gasteiger charge is -2.14. The molecule has 0 atom stereocenters. The highest BCUT2D eigenvalue weighted by molar-refractivity contribution is 5.95. The fraction of sp³-hybridized carbons (Fsp3) is 0.263. The maximum absolute atomic E-state index is 12.1. The minimum Gasteiger partial charge on any atom is -0.494 e. The Morgan fingerprint density at radius 1 is 1.04 bits per heavy atom. The van der Waals surface area contributed by atoms with Crippen LogP contribution < -0.4 is 15.4 Å². The van der Waals surface area contributed by atoms with Crippen LogP contribution in [0.15, 0.2) is 48.5 Å². The Morgan fingerprint density at radius 3 is 2.38 bits per heavy atom. The molecule has 0 bridgehead atoms. The first-order valence-electron chi connectivity index (χ1n) is 7.82. The molecule has 0 spiro atoms. The molecule has 0 saturated carbocycles. The molecule has 2 rings (SSSR count). The molecule has 5 nitrogen and oxygen atoms in total. The molecule has 0 saturated heterocycles. The van der Waals surface area contributed by atoms with Gasteiger partial charge in [-0.1, -0.05) is 44.2 Å². The van der Waals surface area contributed by atoms with Gasteiger partial charge in [0.25, 0.3) is 0 Å². The van der Waals surface area contributed by atoms with E-state index in [1.807, 2.05) is 44.2 Å². The Bertz CT molecular complexity index is 712. The number of hydrogen-bond acceptors (Lipinski definition) is 3. The number of hydrogen-bond donors (Lipinski definition) is 2. The molecular formula is C19H22N2O3. The average Bonchev–Trinajstić information content (AvgIpc) is 2.56. The number of nitrogens with one attached hydrogen (secondary N) is 2. The molecule has 0 radical (unpaired) electrons. The highest BCUT2D eigenvalue weighted by Gasteiger charge is 2.12. The van der Waals surface area contributed by atoms with Crippen LogP contribution in [0, 0.1) is 5.92 Å². The van der Waals surface area contributed by atoms with Gasteiger partial charge in [0, 0.05) is 17.7 Å². The normalized spacial score (nSPS) is 10.3. The highest BCUT2D eigenvalue weighted by Crippen LogP contribution is 2.28. The fourth-order valence-electron chi connectivity index (χ4n) is 2.14. The summed E-state index contributed by atoms with van der Waals surface area (Å²) < 4.78 is 5.30. The van der Waals surface area contributed by atoms with Gasteiger partial charge >= 0.3 is 0 Å². The van der Waals surface area contributed by atoms with Crippen molar-refractivity contribution >= 4 is 23.2 Å². The third-order valence-corrected chi connectivity index (χ3v) is 3.48. The number of carbonyl (C=O) groups is 2. The fourth-order valence-corrected chi connectivity index (χ4v) is 2.14. The van der Waals surface area contributed by atoms with E-state index in [0.29, 0.717) is 23.5 Å². The molecule has 0 aliphatic carbocycles. The first kappa shape index (κ1) is 17.5. The molecule has 0 fully saturated rings. The van der Waals surface area contributed by atoms with E-state index in [2.05, 4.69) is 10.6 Å². The first-order valence-corrected chi connectivity index (χ1v) is 7.82. The summed E-state index contributed by atoms with van der Waals surface area (Å²) in [6.45, 7) is 3.64. The van der Waals surface area contributed by atoms with Crippen LogP contribution in [0.4, 0.5) is 11.4 Å². The van der Waals surface area contributed by atoms with Crippen molar-refractivity contribution in [2.45, 2.75) is 20.3 Å². The van der Waals surface area contributed by atoms with E-state index in [1.54, 1.807) is 18.2 Å². The smallest absolute Gasteiger partial charge is 0.228 e. The average molecular weight is 326 g/mol. The number of rotatable bonds is 6. The van der Waals surface area contributed by atoms with E-state index in [0.717, 1.165) is 5.56 Å². The Morgan fingerprint density at radius 2 is 1.75 bits per heavy atom. The van der Waals surface area contributed by atoms with Crippen molar-refractivity contribution in [3.05, 3.63) is 54.1 Å². The quantitative estimate of drug-likeness (QED) is 0.854. The van der Waals surface area contributed by atoms with Crippen molar-refractivity contribution in [2.24, 2.45) is 5.92 Å². The zero-order valence-corrected chi connectivity index (χ0v) is 14.1. The van der Waals surface area contributed by atoms with Gasteiger partial charge in [0.2, 0.25) is 11.8 Å². The zero-order chi connectivity index (χ0) is 17.5. The Kier molecular flexibility index (Phi) is 5.95. The van der Waals surface area contributed by atoms with Crippen molar-refractivity contribution in [2.75, 3.05) is 17.7 Å². The Labute approximate surface area is 142 Å². The van der Waals surface area contributed by atoms with Crippen LogP contribution in [0.1, 0.15) is 19.4 Å². The molecule has 5 heteroatoms. The molecule has 126 valence electrons. The zero-order valence-electron chi connectivity index (χ0n) is 14.1. The third kappa shape index (κ3) is 4.84. The van der Waals surface area contributed by atoms with E-state index in [4.69, 9.17) is 4.74 Å². The Balaban J connectivity index is 2.06. The molecule has 0 aliphatic heterocycles. The summed E-state index contributed by atoms with van der Waals surface area (Å²) in [6.07, 6.45) is 0.301. The van der Waals surface area contributed by atoms with Crippen LogP contribution >= 0.6 is 0 Å². The first-order chi connectivity index (χ1) is 11.5. The molecule has 2 amide bonds. The topological polar surface area (TPSA) is 67.4 Å². The molecule has 2 aromatic rings. The molecule has 2 aromatic carbocycles. The van der Waals surface area contributed by atoms with Crippen LogP contribution in [0.3, 0.4) is 0 Å². The molecule has 0 aromatic heterocycles. The standard InChI is InChI=1S/C19H22N2O3/c1-13(2)19(23)21-16-10-9-15(12-17(16)24-3)20-18(22)11-14-7-5-4-6-8-14/h4-10,12-13H,11H2,1-3H3,(H,20,22)(H,21,23). The second-order valence-electron chi connectivity index (χ2n) is 5.77. The second kappa shape index (κ2) is 8.15. The summed E-state index contributed by atoms with van der Waals surface area (Å²) in [4.78, 5) is 23.9. The molecule has 0 heterocycles. The van der Waals surface area contributed by atoms with Crippen LogP contribution in [0.2, 0.25) is 0 Å². The number of anilines is 2. The predicted octanol–water partition coefficient (Wildman–Crippen LogP) is 3.47. The highest BCUT2D eigenvalue weighted by atomic mass is 16.5. The van der Waals surface area contributed by atoms with Gasteiger partial charge in [-0.2, -0.15) is 0 Å². The monoisotopic (exact) mass is 326 g/mol. The lowest BCUT2D eigenvalue weighted by molar-refractivity contribution is -0.119. The lowest BCUT2D eigenvalue weighted by atomic mass is 10.1. The SMILES string of the molecule is COc1cc(NC(=O)Cc2ccccc2)ccc1NC(=O)C(C)C. The molecule has 24 heavy (non-hydrogen) atoms. The third-order valence-electron chi connectivity index (χ3n) is 3.48. The van der Waals surface area contributed by atoms with E-state index >= 15 is 0 Å². The van der Waals surface area contributed by atoms with Gasteiger partial charge in [0.05, 0.1) is 19.2 Å². The summed E-state index contributed by atoms with van der Waals surface area (Å²) in [5.74, 6) is 0.179. The van der Waals surface area contributed by atoms with Gasteiger partial charge in [0.15, 0.2) is 0 Å².